The number of pyridine rings is 1. The van der Waals surface area contributed by atoms with Crippen molar-refractivity contribution in [1.82, 2.24) is 14.4 Å². The number of benzene rings is 1. The first kappa shape index (κ1) is 16.8. The number of rotatable bonds is 4. The quantitative estimate of drug-likeness (QED) is 0.476. The maximum atomic E-state index is 12.4. The van der Waals surface area contributed by atoms with Crippen LogP contribution in [0.15, 0.2) is 54.9 Å². The van der Waals surface area contributed by atoms with Crippen molar-refractivity contribution in [1.29, 1.82) is 0 Å². The lowest BCUT2D eigenvalue weighted by Crippen LogP contribution is -2.05. The maximum Gasteiger partial charge on any atom is 0.350 e. The summed E-state index contributed by atoms with van der Waals surface area (Å²) in [7, 11) is 0. The van der Waals surface area contributed by atoms with E-state index in [-0.39, 0.29) is 6.61 Å². The first-order chi connectivity index (χ1) is 12.6. The van der Waals surface area contributed by atoms with Gasteiger partial charge >= 0.3 is 5.97 Å². The summed E-state index contributed by atoms with van der Waals surface area (Å²) < 4.78 is 7.32. The van der Waals surface area contributed by atoms with Gasteiger partial charge in [-0.1, -0.05) is 29.8 Å². The van der Waals surface area contributed by atoms with Gasteiger partial charge in [-0.15, -0.1) is 11.3 Å². The third-order valence-corrected chi connectivity index (χ3v) is 5.28. The van der Waals surface area contributed by atoms with Crippen molar-refractivity contribution in [2.75, 3.05) is 0 Å². The van der Waals surface area contributed by atoms with Gasteiger partial charge in [0, 0.05) is 23.0 Å². The Morgan fingerprint density at radius 3 is 2.77 bits per heavy atom. The topological polar surface area (TPSA) is 56.5 Å². The molecule has 0 unspecified atom stereocenters. The smallest absolute Gasteiger partial charge is 0.350 e. The number of fused-ring (bicyclic) bond motifs is 1. The summed E-state index contributed by atoms with van der Waals surface area (Å²) in [5.74, 6) is -0.391. The minimum absolute atomic E-state index is 0.119. The van der Waals surface area contributed by atoms with Crippen LogP contribution in [-0.2, 0) is 11.3 Å². The largest absolute Gasteiger partial charge is 0.455 e. The minimum Gasteiger partial charge on any atom is -0.455 e. The predicted octanol–water partition coefficient (Wildman–Crippen LogP) is 4.78. The molecule has 0 saturated carbocycles. The van der Waals surface area contributed by atoms with Crippen molar-refractivity contribution >= 4 is 34.6 Å². The lowest BCUT2D eigenvalue weighted by atomic mass is 10.2. The molecule has 0 aliphatic heterocycles. The average molecular weight is 384 g/mol. The summed E-state index contributed by atoms with van der Waals surface area (Å²) in [6.45, 7) is 1.92. The van der Waals surface area contributed by atoms with Crippen molar-refractivity contribution in [3.8, 4) is 10.6 Å². The van der Waals surface area contributed by atoms with Crippen molar-refractivity contribution in [2.24, 2.45) is 0 Å². The van der Waals surface area contributed by atoms with Crippen LogP contribution in [0.5, 0.6) is 0 Å². The number of halogens is 1. The zero-order valence-corrected chi connectivity index (χ0v) is 15.4. The van der Waals surface area contributed by atoms with Crippen LogP contribution < -0.4 is 0 Å². The molecule has 0 bridgehead atoms. The Bertz CT molecular complexity index is 1050. The maximum absolute atomic E-state index is 12.4. The number of carbonyl (C=O) groups excluding carboxylic acids is 1. The molecule has 0 amide bonds. The molecule has 26 heavy (non-hydrogen) atoms. The molecule has 3 aromatic heterocycles. The molecule has 0 spiro atoms. The molecule has 0 atom stereocenters. The summed E-state index contributed by atoms with van der Waals surface area (Å²) in [4.78, 5) is 21.8. The van der Waals surface area contributed by atoms with E-state index in [0.717, 1.165) is 16.2 Å². The Morgan fingerprint density at radius 1 is 1.19 bits per heavy atom. The van der Waals surface area contributed by atoms with Gasteiger partial charge in [-0.25, -0.2) is 14.8 Å². The standard InChI is InChI=1S/C19H14ClN3O2S/c1-12-17(26-18(21-12)13-5-7-14(20)8-6-13)19(24)25-11-15-10-23-9-3-2-4-16(23)22-15/h2-10H,11H2,1H3. The van der Waals surface area contributed by atoms with Gasteiger partial charge in [-0.2, -0.15) is 0 Å². The SMILES string of the molecule is Cc1nc(-c2ccc(Cl)cc2)sc1C(=O)OCc1cn2ccccc2n1. The number of hydrogen-bond donors (Lipinski definition) is 0. The van der Waals surface area contributed by atoms with Crippen LogP contribution in [0.1, 0.15) is 21.1 Å². The molecule has 1 aromatic carbocycles. The van der Waals surface area contributed by atoms with Gasteiger partial charge < -0.3 is 9.14 Å². The summed E-state index contributed by atoms with van der Waals surface area (Å²) in [5.41, 5.74) is 3.09. The molecule has 3 heterocycles. The monoisotopic (exact) mass is 383 g/mol. The summed E-state index contributed by atoms with van der Waals surface area (Å²) in [5, 5.41) is 1.42. The Balaban J connectivity index is 1.50. The van der Waals surface area contributed by atoms with E-state index in [9.17, 15) is 4.79 Å². The second kappa shape index (κ2) is 6.90. The van der Waals surface area contributed by atoms with Gasteiger partial charge in [0.1, 0.15) is 22.1 Å². The molecule has 0 radical (unpaired) electrons. The molecular weight excluding hydrogens is 370 g/mol. The number of hydrogen-bond acceptors (Lipinski definition) is 5. The number of imidazole rings is 1. The molecule has 7 heteroatoms. The van der Waals surface area contributed by atoms with E-state index in [0.29, 0.717) is 21.3 Å². The molecule has 0 saturated heterocycles. The molecule has 0 N–H and O–H groups in total. The molecule has 4 rings (SSSR count). The van der Waals surface area contributed by atoms with Gasteiger partial charge in [0.15, 0.2) is 0 Å². The molecule has 130 valence electrons. The van der Waals surface area contributed by atoms with Crippen molar-refractivity contribution in [3.05, 3.63) is 76.1 Å². The van der Waals surface area contributed by atoms with E-state index in [1.54, 1.807) is 19.1 Å². The normalized spacial score (nSPS) is 11.0. The number of carbonyl (C=O) groups is 1. The molecule has 5 nitrogen and oxygen atoms in total. The van der Waals surface area contributed by atoms with E-state index in [4.69, 9.17) is 16.3 Å². The van der Waals surface area contributed by atoms with Crippen LogP contribution >= 0.6 is 22.9 Å². The molecule has 0 aliphatic rings. The van der Waals surface area contributed by atoms with E-state index >= 15 is 0 Å². The number of nitrogens with zero attached hydrogens (tertiary/aromatic N) is 3. The number of ether oxygens (including phenoxy) is 1. The second-order valence-electron chi connectivity index (χ2n) is 5.71. The van der Waals surface area contributed by atoms with Gasteiger partial charge in [0.25, 0.3) is 0 Å². The van der Waals surface area contributed by atoms with Crippen LogP contribution in [0.4, 0.5) is 0 Å². The highest BCUT2D eigenvalue weighted by Crippen LogP contribution is 2.29. The van der Waals surface area contributed by atoms with Crippen LogP contribution in [0.25, 0.3) is 16.2 Å². The zero-order valence-electron chi connectivity index (χ0n) is 13.8. The lowest BCUT2D eigenvalue weighted by molar-refractivity contribution is 0.0473. The van der Waals surface area contributed by atoms with Crippen molar-refractivity contribution in [3.63, 3.8) is 0 Å². The van der Waals surface area contributed by atoms with Gasteiger partial charge in [0.2, 0.25) is 0 Å². The highest BCUT2D eigenvalue weighted by atomic mass is 35.5. The molecule has 4 aromatic rings. The molecule has 0 fully saturated rings. The van der Waals surface area contributed by atoms with Gasteiger partial charge in [-0.05, 0) is 31.2 Å². The Hall–Kier alpha value is -2.70. The lowest BCUT2D eigenvalue weighted by Gasteiger charge is -2.00. The summed E-state index contributed by atoms with van der Waals surface area (Å²) in [6.07, 6.45) is 3.75. The van der Waals surface area contributed by atoms with Crippen LogP contribution in [0.2, 0.25) is 5.02 Å². The van der Waals surface area contributed by atoms with Gasteiger partial charge in [-0.3, -0.25) is 0 Å². The number of thiazole rings is 1. The van der Waals surface area contributed by atoms with Crippen LogP contribution in [0.3, 0.4) is 0 Å². The minimum atomic E-state index is -0.391. The fraction of sp³-hybridized carbons (Fsp3) is 0.105. The predicted molar refractivity (Wildman–Crippen MR) is 102 cm³/mol. The van der Waals surface area contributed by atoms with Crippen molar-refractivity contribution in [2.45, 2.75) is 13.5 Å². The fourth-order valence-electron chi connectivity index (χ4n) is 2.56. The van der Waals surface area contributed by atoms with E-state index in [2.05, 4.69) is 9.97 Å². The van der Waals surface area contributed by atoms with Gasteiger partial charge in [0.05, 0.1) is 11.4 Å². The summed E-state index contributed by atoms with van der Waals surface area (Å²) >= 11 is 7.23. The first-order valence-corrected chi connectivity index (χ1v) is 9.13. The van der Waals surface area contributed by atoms with Crippen molar-refractivity contribution < 1.29 is 9.53 Å². The summed E-state index contributed by atoms with van der Waals surface area (Å²) in [6, 6.07) is 13.1. The van der Waals surface area contributed by atoms with E-state index in [1.165, 1.54) is 11.3 Å². The van der Waals surface area contributed by atoms with E-state index in [1.807, 2.05) is 47.1 Å². The third-order valence-electron chi connectivity index (χ3n) is 3.84. The first-order valence-electron chi connectivity index (χ1n) is 7.93. The Labute approximate surface area is 158 Å². The fourth-order valence-corrected chi connectivity index (χ4v) is 3.65. The Morgan fingerprint density at radius 2 is 2.00 bits per heavy atom. The highest BCUT2D eigenvalue weighted by molar-refractivity contribution is 7.17. The second-order valence-corrected chi connectivity index (χ2v) is 7.15. The number of esters is 1. The third kappa shape index (κ3) is 3.34. The van der Waals surface area contributed by atoms with Crippen LogP contribution in [-0.4, -0.2) is 20.3 Å². The molecular formula is C19H14ClN3O2S. The zero-order chi connectivity index (χ0) is 18.1. The highest BCUT2D eigenvalue weighted by Gasteiger charge is 2.18. The number of aromatic nitrogens is 3. The van der Waals surface area contributed by atoms with E-state index < -0.39 is 5.97 Å². The average Bonchev–Trinajstić information content (AvgIpc) is 3.23. The molecule has 0 aliphatic carbocycles. The Kier molecular flexibility index (Phi) is 4.44. The number of aryl methyl sites for hydroxylation is 1. The van der Waals surface area contributed by atoms with Crippen LogP contribution in [0, 0.1) is 6.92 Å².